The molecule has 1 rings (SSSR count). The molecule has 0 unspecified atom stereocenters. The van der Waals surface area contributed by atoms with Gasteiger partial charge in [0.2, 0.25) is 5.84 Å². The molecule has 0 bridgehead atoms. The van der Waals surface area contributed by atoms with Crippen molar-refractivity contribution in [3.8, 4) is 5.75 Å². The van der Waals surface area contributed by atoms with Gasteiger partial charge in [0, 0.05) is 5.56 Å². The number of carbonyl (C=O) groups excluding carboxylic acids is 1. The molecule has 9 heteroatoms. The number of nitrogens with zero attached hydrogens (tertiary/aromatic N) is 1. The number of hydrogen-bond donors (Lipinski definition) is 4. The van der Waals surface area contributed by atoms with Crippen molar-refractivity contribution in [1.29, 1.82) is 0 Å². The van der Waals surface area contributed by atoms with E-state index in [-0.39, 0.29) is 11.3 Å². The van der Waals surface area contributed by atoms with Crippen LogP contribution in [0.15, 0.2) is 26.2 Å². The van der Waals surface area contributed by atoms with E-state index in [1.807, 2.05) is 5.43 Å². The first-order valence-corrected chi connectivity index (χ1v) is 5.96. The van der Waals surface area contributed by atoms with Crippen molar-refractivity contribution in [2.45, 2.75) is 0 Å². The van der Waals surface area contributed by atoms with Gasteiger partial charge >= 0.3 is 5.97 Å². The first-order valence-electron chi connectivity index (χ1n) is 4.37. The van der Waals surface area contributed by atoms with E-state index in [0.29, 0.717) is 8.95 Å². The molecule has 1 aromatic carbocycles. The third-order valence-corrected chi connectivity index (χ3v) is 2.99. The van der Waals surface area contributed by atoms with Gasteiger partial charge in [-0.1, -0.05) is 0 Å². The lowest BCUT2D eigenvalue weighted by Crippen LogP contribution is -2.28. The molecule has 1 aromatic rings. The number of nitrogens with one attached hydrogen (secondary N) is 1. The maximum atomic E-state index is 11.6. The number of hydrazone groups is 1. The summed E-state index contributed by atoms with van der Waals surface area (Å²) in [4.78, 5) is 21.9. The zero-order valence-electron chi connectivity index (χ0n) is 8.65. The van der Waals surface area contributed by atoms with Crippen LogP contribution in [0.4, 0.5) is 0 Å². The number of phenolic OH excluding ortho intramolecular Hbond substituents is 1. The summed E-state index contributed by atoms with van der Waals surface area (Å²) in [7, 11) is 0. The van der Waals surface area contributed by atoms with Gasteiger partial charge in [0.05, 0.1) is 8.95 Å². The van der Waals surface area contributed by atoms with Gasteiger partial charge in [-0.2, -0.15) is 0 Å². The summed E-state index contributed by atoms with van der Waals surface area (Å²) in [5, 5.41) is 21.1. The molecule has 0 aliphatic rings. The number of aliphatic carboxylic acids is 1. The maximum Gasteiger partial charge on any atom is 0.373 e. The minimum atomic E-state index is -1.44. The number of carbonyl (C=O) groups is 2. The van der Waals surface area contributed by atoms with Crippen LogP contribution in [0, 0.1) is 0 Å². The lowest BCUT2D eigenvalue weighted by Gasteiger charge is -2.04. The molecule has 0 aliphatic heterocycles. The van der Waals surface area contributed by atoms with Crippen LogP contribution >= 0.6 is 31.9 Å². The van der Waals surface area contributed by atoms with Gasteiger partial charge in [0.1, 0.15) is 5.75 Å². The number of phenols is 1. The highest BCUT2D eigenvalue weighted by Crippen LogP contribution is 2.33. The lowest BCUT2D eigenvalue weighted by atomic mass is 10.2. The second-order valence-corrected chi connectivity index (χ2v) is 4.74. The number of aromatic hydroxyl groups is 1. The van der Waals surface area contributed by atoms with Crippen molar-refractivity contribution in [3.05, 3.63) is 26.6 Å². The van der Waals surface area contributed by atoms with Crippen LogP contribution in [0.2, 0.25) is 0 Å². The van der Waals surface area contributed by atoms with Gasteiger partial charge < -0.3 is 15.9 Å². The van der Waals surface area contributed by atoms with Crippen LogP contribution < -0.4 is 11.2 Å². The summed E-state index contributed by atoms with van der Waals surface area (Å²) in [6.45, 7) is 0. The Bertz CT molecular complexity index is 522. The smallest absolute Gasteiger partial charge is 0.373 e. The fourth-order valence-corrected chi connectivity index (χ4v) is 2.11. The van der Waals surface area contributed by atoms with Crippen LogP contribution in [-0.2, 0) is 4.79 Å². The summed E-state index contributed by atoms with van der Waals surface area (Å²) in [6, 6.07) is 2.70. The Labute approximate surface area is 118 Å². The number of rotatable bonds is 2. The molecule has 0 aromatic heterocycles. The molecule has 18 heavy (non-hydrogen) atoms. The fraction of sp³-hybridized carbons (Fsp3) is 0. The Morgan fingerprint density at radius 1 is 1.28 bits per heavy atom. The molecule has 0 heterocycles. The van der Waals surface area contributed by atoms with Crippen LogP contribution in [-0.4, -0.2) is 27.9 Å². The van der Waals surface area contributed by atoms with Crippen molar-refractivity contribution in [2.24, 2.45) is 10.8 Å². The van der Waals surface area contributed by atoms with E-state index in [0.717, 1.165) is 0 Å². The summed E-state index contributed by atoms with van der Waals surface area (Å²) in [5.74, 6) is -2.90. The number of carboxylic acids is 1. The van der Waals surface area contributed by atoms with Crippen molar-refractivity contribution < 1.29 is 19.8 Å². The molecule has 0 atom stereocenters. The predicted molar refractivity (Wildman–Crippen MR) is 70.2 cm³/mol. The summed E-state index contributed by atoms with van der Waals surface area (Å²) < 4.78 is 0.606. The second-order valence-electron chi connectivity index (χ2n) is 3.03. The minimum absolute atomic E-state index is 0.0555. The zero-order valence-corrected chi connectivity index (χ0v) is 11.8. The van der Waals surface area contributed by atoms with E-state index in [4.69, 9.17) is 10.8 Å². The molecule has 0 fully saturated rings. The highest BCUT2D eigenvalue weighted by molar-refractivity contribution is 9.11. The lowest BCUT2D eigenvalue weighted by molar-refractivity contribution is -0.129. The predicted octanol–water partition coefficient (Wildman–Crippen LogP) is 1.00. The molecular formula is C9H7Br2N3O4. The number of amides is 1. The van der Waals surface area contributed by atoms with Crippen LogP contribution in [0.1, 0.15) is 10.4 Å². The highest BCUT2D eigenvalue weighted by atomic mass is 79.9. The SMILES string of the molecule is NC(=NNC(=O)c1cc(Br)c(O)c(Br)c1)C(=O)O. The molecule has 0 radical (unpaired) electrons. The quantitative estimate of drug-likeness (QED) is 0.346. The van der Waals surface area contributed by atoms with E-state index in [1.165, 1.54) is 12.1 Å². The number of halogens is 2. The molecule has 5 N–H and O–H groups in total. The largest absolute Gasteiger partial charge is 0.506 e. The average Bonchev–Trinajstić information content (AvgIpc) is 2.31. The van der Waals surface area contributed by atoms with Crippen molar-refractivity contribution in [2.75, 3.05) is 0 Å². The van der Waals surface area contributed by atoms with E-state index in [1.54, 1.807) is 0 Å². The number of amidine groups is 1. The fourth-order valence-electron chi connectivity index (χ4n) is 0.920. The van der Waals surface area contributed by atoms with Gasteiger partial charge in [-0.25, -0.2) is 10.2 Å². The Kier molecular flexibility index (Phi) is 4.68. The van der Waals surface area contributed by atoms with Crippen LogP contribution in [0.25, 0.3) is 0 Å². The topological polar surface area (TPSA) is 125 Å². The Morgan fingerprint density at radius 3 is 2.22 bits per heavy atom. The number of benzene rings is 1. The summed E-state index contributed by atoms with van der Waals surface area (Å²) in [6.07, 6.45) is 0. The molecule has 0 saturated carbocycles. The molecular weight excluding hydrogens is 374 g/mol. The third kappa shape index (κ3) is 3.44. The van der Waals surface area contributed by atoms with Crippen molar-refractivity contribution in [1.82, 2.24) is 5.43 Å². The van der Waals surface area contributed by atoms with Crippen molar-refractivity contribution >= 4 is 49.6 Å². The normalized spacial score (nSPS) is 11.1. The molecule has 0 saturated heterocycles. The van der Waals surface area contributed by atoms with Crippen molar-refractivity contribution in [3.63, 3.8) is 0 Å². The van der Waals surface area contributed by atoms with Crippen LogP contribution in [0.5, 0.6) is 5.75 Å². The van der Waals surface area contributed by atoms with E-state index < -0.39 is 17.7 Å². The Hall–Kier alpha value is -1.61. The number of nitrogens with two attached hydrogens (primary N) is 1. The highest BCUT2D eigenvalue weighted by Gasteiger charge is 2.12. The molecule has 1 amide bonds. The van der Waals surface area contributed by atoms with Gasteiger partial charge in [0.25, 0.3) is 5.91 Å². The second kappa shape index (κ2) is 5.83. The van der Waals surface area contributed by atoms with E-state index >= 15 is 0 Å². The Morgan fingerprint density at radius 2 is 1.78 bits per heavy atom. The molecule has 7 nitrogen and oxygen atoms in total. The van der Waals surface area contributed by atoms with Gasteiger partial charge in [-0.3, -0.25) is 4.79 Å². The maximum absolute atomic E-state index is 11.6. The van der Waals surface area contributed by atoms with Crippen LogP contribution in [0.3, 0.4) is 0 Å². The molecule has 0 aliphatic carbocycles. The molecule has 0 spiro atoms. The summed E-state index contributed by atoms with van der Waals surface area (Å²) >= 11 is 6.11. The standard InChI is InChI=1S/C9H7Br2N3O4/c10-4-1-3(2-5(11)6(4)15)8(16)14-13-7(12)9(17)18/h1-2,15H,(H2,12,13)(H,14,16)(H,17,18). The third-order valence-electron chi connectivity index (χ3n) is 1.78. The van der Waals surface area contributed by atoms with E-state index in [9.17, 15) is 14.7 Å². The van der Waals surface area contributed by atoms with Gasteiger partial charge in [-0.15, -0.1) is 5.10 Å². The number of hydrogen-bond acceptors (Lipinski definition) is 4. The molecule has 96 valence electrons. The number of carboxylic acid groups (broad SMARTS) is 1. The summed E-state index contributed by atoms with van der Waals surface area (Å²) in [5.41, 5.74) is 7.14. The minimum Gasteiger partial charge on any atom is -0.506 e. The monoisotopic (exact) mass is 379 g/mol. The Balaban J connectivity index is 2.92. The average molecular weight is 381 g/mol. The first kappa shape index (κ1) is 14.5. The van der Waals surface area contributed by atoms with Gasteiger partial charge in [-0.05, 0) is 44.0 Å². The van der Waals surface area contributed by atoms with E-state index in [2.05, 4.69) is 37.0 Å². The first-order chi connectivity index (χ1) is 8.32. The van der Waals surface area contributed by atoms with Gasteiger partial charge in [0.15, 0.2) is 0 Å². The zero-order chi connectivity index (χ0) is 13.9.